The fourth-order valence-electron chi connectivity index (χ4n) is 2.85. The number of ether oxygens (including phenoxy) is 1. The van der Waals surface area contributed by atoms with Crippen LogP contribution in [0.15, 0.2) is 18.2 Å². The van der Waals surface area contributed by atoms with Crippen molar-refractivity contribution in [1.82, 2.24) is 5.32 Å². The van der Waals surface area contributed by atoms with Crippen molar-refractivity contribution >= 4 is 11.6 Å². The molecular weight excluding hydrogens is 256 g/mol. The lowest BCUT2D eigenvalue weighted by molar-refractivity contribution is -0.118. The van der Waals surface area contributed by atoms with E-state index in [-0.39, 0.29) is 18.6 Å². The molecule has 1 aliphatic carbocycles. The van der Waals surface area contributed by atoms with Crippen LogP contribution in [0.4, 0.5) is 5.69 Å². The monoisotopic (exact) mass is 276 g/mol. The Morgan fingerprint density at radius 3 is 3.15 bits per heavy atom. The van der Waals surface area contributed by atoms with E-state index >= 15 is 0 Å². The maximum Gasteiger partial charge on any atom is 0.262 e. The van der Waals surface area contributed by atoms with Gasteiger partial charge in [-0.3, -0.25) is 4.79 Å². The highest BCUT2D eigenvalue weighted by Gasteiger charge is 2.20. The van der Waals surface area contributed by atoms with Crippen molar-refractivity contribution in [2.45, 2.75) is 44.4 Å². The number of hydrogen-bond acceptors (Lipinski definition) is 4. The van der Waals surface area contributed by atoms with Crippen LogP contribution in [-0.2, 0) is 11.3 Å². The third-order valence-electron chi connectivity index (χ3n) is 3.92. The van der Waals surface area contributed by atoms with Gasteiger partial charge < -0.3 is 20.5 Å². The molecule has 108 valence electrons. The first-order valence-electron chi connectivity index (χ1n) is 7.18. The number of hydrogen-bond donors (Lipinski definition) is 3. The summed E-state index contributed by atoms with van der Waals surface area (Å²) >= 11 is 0. The van der Waals surface area contributed by atoms with Crippen LogP contribution in [0.3, 0.4) is 0 Å². The fraction of sp³-hybridized carbons (Fsp3) is 0.533. The first-order chi connectivity index (χ1) is 9.70. The molecule has 1 fully saturated rings. The lowest BCUT2D eigenvalue weighted by Gasteiger charge is -2.27. The summed E-state index contributed by atoms with van der Waals surface area (Å²) in [5.41, 5.74) is 1.85. The van der Waals surface area contributed by atoms with Gasteiger partial charge in [0.2, 0.25) is 0 Å². The predicted octanol–water partition coefficient (Wildman–Crippen LogP) is 1.41. The molecular formula is C15H20N2O3. The maximum absolute atomic E-state index is 11.3. The van der Waals surface area contributed by atoms with Crippen molar-refractivity contribution in [2.75, 3.05) is 11.9 Å². The van der Waals surface area contributed by atoms with E-state index < -0.39 is 0 Å². The Bertz CT molecular complexity index is 504. The van der Waals surface area contributed by atoms with Crippen LogP contribution in [-0.4, -0.2) is 29.8 Å². The van der Waals surface area contributed by atoms with Gasteiger partial charge in [0.05, 0.1) is 11.8 Å². The van der Waals surface area contributed by atoms with Crippen LogP contribution in [0.25, 0.3) is 0 Å². The Balaban J connectivity index is 1.60. The minimum absolute atomic E-state index is 0.0879. The molecule has 2 aliphatic rings. The van der Waals surface area contributed by atoms with E-state index in [0.29, 0.717) is 6.04 Å². The number of fused-ring (bicyclic) bond motifs is 1. The van der Waals surface area contributed by atoms with Gasteiger partial charge >= 0.3 is 0 Å². The van der Waals surface area contributed by atoms with E-state index in [1.54, 1.807) is 0 Å². The second kappa shape index (κ2) is 5.81. The molecule has 2 atom stereocenters. The van der Waals surface area contributed by atoms with Gasteiger partial charge in [0.15, 0.2) is 6.61 Å². The van der Waals surface area contributed by atoms with Crippen LogP contribution in [0.5, 0.6) is 5.75 Å². The Labute approximate surface area is 118 Å². The smallest absolute Gasteiger partial charge is 0.262 e. The number of rotatable bonds is 3. The molecule has 5 heteroatoms. The molecule has 2 unspecified atom stereocenters. The molecule has 3 N–H and O–H groups in total. The quantitative estimate of drug-likeness (QED) is 0.780. The minimum Gasteiger partial charge on any atom is -0.482 e. The average Bonchev–Trinajstić information content (AvgIpc) is 2.45. The molecule has 1 heterocycles. The summed E-state index contributed by atoms with van der Waals surface area (Å²) < 4.78 is 5.33. The third kappa shape index (κ3) is 3.11. The molecule has 1 aliphatic heterocycles. The Morgan fingerprint density at radius 2 is 2.30 bits per heavy atom. The van der Waals surface area contributed by atoms with Gasteiger partial charge in [-0.2, -0.15) is 0 Å². The molecule has 3 rings (SSSR count). The standard InChI is InChI=1S/C15H20N2O3/c18-12-3-1-2-11(7-12)16-8-10-4-5-14-13(6-10)17-15(19)9-20-14/h4-6,11-12,16,18H,1-3,7-9H2,(H,17,19). The van der Waals surface area contributed by atoms with E-state index in [9.17, 15) is 9.90 Å². The lowest BCUT2D eigenvalue weighted by atomic mass is 9.93. The summed E-state index contributed by atoms with van der Waals surface area (Å²) in [6.07, 6.45) is 3.76. The number of amides is 1. The molecule has 1 aromatic carbocycles. The number of carbonyl (C=O) groups excluding carboxylic acids is 1. The van der Waals surface area contributed by atoms with Crippen LogP contribution < -0.4 is 15.4 Å². The first-order valence-corrected chi connectivity index (χ1v) is 7.18. The molecule has 0 radical (unpaired) electrons. The summed E-state index contributed by atoms with van der Waals surface area (Å²) in [4.78, 5) is 11.3. The van der Waals surface area contributed by atoms with Gasteiger partial charge in [-0.25, -0.2) is 0 Å². The molecule has 1 amide bonds. The normalized spacial score (nSPS) is 25.6. The first kappa shape index (κ1) is 13.4. The lowest BCUT2D eigenvalue weighted by Crippen LogP contribution is -2.35. The van der Waals surface area contributed by atoms with E-state index in [0.717, 1.165) is 49.2 Å². The summed E-state index contributed by atoms with van der Waals surface area (Å²) in [6, 6.07) is 6.21. The molecule has 0 spiro atoms. The van der Waals surface area contributed by atoms with Crippen LogP contribution in [0.1, 0.15) is 31.2 Å². The topological polar surface area (TPSA) is 70.6 Å². The summed E-state index contributed by atoms with van der Waals surface area (Å²) in [5.74, 6) is 0.611. The van der Waals surface area contributed by atoms with Crippen molar-refractivity contribution in [1.29, 1.82) is 0 Å². The molecule has 1 aromatic rings. The number of anilines is 1. The van der Waals surface area contributed by atoms with Crippen LogP contribution in [0, 0.1) is 0 Å². The highest BCUT2D eigenvalue weighted by atomic mass is 16.5. The number of benzene rings is 1. The van der Waals surface area contributed by atoms with Crippen molar-refractivity contribution in [3.05, 3.63) is 23.8 Å². The zero-order valence-corrected chi connectivity index (χ0v) is 11.4. The molecule has 1 saturated carbocycles. The zero-order chi connectivity index (χ0) is 13.9. The van der Waals surface area contributed by atoms with Gasteiger partial charge in [-0.05, 0) is 43.4 Å². The van der Waals surface area contributed by atoms with E-state index in [4.69, 9.17) is 4.74 Å². The fourth-order valence-corrected chi connectivity index (χ4v) is 2.85. The van der Waals surface area contributed by atoms with Gasteiger partial charge in [-0.15, -0.1) is 0 Å². The second-order valence-corrected chi connectivity index (χ2v) is 5.57. The number of carbonyl (C=O) groups is 1. The van der Waals surface area contributed by atoms with Gasteiger partial charge in [0, 0.05) is 12.6 Å². The summed E-state index contributed by atoms with van der Waals surface area (Å²) in [6.45, 7) is 0.825. The van der Waals surface area contributed by atoms with Crippen molar-refractivity contribution in [3.8, 4) is 5.75 Å². The molecule has 0 aromatic heterocycles. The predicted molar refractivity (Wildman–Crippen MR) is 75.7 cm³/mol. The highest BCUT2D eigenvalue weighted by Crippen LogP contribution is 2.28. The minimum atomic E-state index is -0.169. The molecule has 20 heavy (non-hydrogen) atoms. The zero-order valence-electron chi connectivity index (χ0n) is 11.4. The number of aliphatic hydroxyl groups excluding tert-OH is 1. The molecule has 0 saturated heterocycles. The average molecular weight is 276 g/mol. The summed E-state index contributed by atoms with van der Waals surface area (Å²) in [7, 11) is 0. The van der Waals surface area contributed by atoms with E-state index in [1.807, 2.05) is 18.2 Å². The SMILES string of the molecule is O=C1COc2ccc(CNC3CCCC(O)C3)cc2N1. The Kier molecular flexibility index (Phi) is 3.89. The Morgan fingerprint density at radius 1 is 1.40 bits per heavy atom. The van der Waals surface area contributed by atoms with Gasteiger partial charge in [0.1, 0.15) is 5.75 Å². The number of aliphatic hydroxyl groups is 1. The van der Waals surface area contributed by atoms with Crippen LogP contribution in [0.2, 0.25) is 0 Å². The second-order valence-electron chi connectivity index (χ2n) is 5.57. The molecule has 5 nitrogen and oxygen atoms in total. The van der Waals surface area contributed by atoms with Crippen molar-refractivity contribution < 1.29 is 14.6 Å². The van der Waals surface area contributed by atoms with Gasteiger partial charge in [0.25, 0.3) is 5.91 Å². The van der Waals surface area contributed by atoms with Crippen LogP contribution >= 0.6 is 0 Å². The van der Waals surface area contributed by atoms with Crippen molar-refractivity contribution in [2.24, 2.45) is 0 Å². The number of nitrogens with one attached hydrogen (secondary N) is 2. The maximum atomic E-state index is 11.3. The van der Waals surface area contributed by atoms with Crippen molar-refractivity contribution in [3.63, 3.8) is 0 Å². The Hall–Kier alpha value is -1.59. The third-order valence-corrected chi connectivity index (χ3v) is 3.92. The van der Waals surface area contributed by atoms with E-state index in [1.165, 1.54) is 0 Å². The largest absolute Gasteiger partial charge is 0.482 e. The van der Waals surface area contributed by atoms with E-state index in [2.05, 4.69) is 10.6 Å². The van der Waals surface area contributed by atoms with Gasteiger partial charge in [-0.1, -0.05) is 6.07 Å². The summed E-state index contributed by atoms with van der Waals surface area (Å²) in [5, 5.41) is 15.9. The molecule has 0 bridgehead atoms. The highest BCUT2D eigenvalue weighted by molar-refractivity contribution is 5.95.